The number of rotatable bonds is 4. The molecule has 0 amide bonds. The van der Waals surface area contributed by atoms with Gasteiger partial charge in [0.25, 0.3) is 10.1 Å². The zero-order chi connectivity index (χ0) is 16.5. The van der Waals surface area contributed by atoms with Gasteiger partial charge in [0.05, 0.1) is 16.1 Å². The highest BCUT2D eigenvalue weighted by Gasteiger charge is 2.18. The molecule has 2 rings (SSSR count). The van der Waals surface area contributed by atoms with Gasteiger partial charge in [-0.25, -0.2) is 4.79 Å². The molecule has 0 bridgehead atoms. The minimum atomic E-state index is -4.54. The molecule has 0 saturated carbocycles. The highest BCUT2D eigenvalue weighted by atomic mass is 35.5. The predicted molar refractivity (Wildman–Crippen MR) is 76.3 cm³/mol. The number of aromatic carboxylic acids is 1. The molecule has 0 aliphatic carbocycles. The lowest BCUT2D eigenvalue weighted by Gasteiger charge is -2.09. The van der Waals surface area contributed by atoms with E-state index in [1.807, 2.05) is 0 Å². The predicted octanol–water partition coefficient (Wildman–Crippen LogP) is 1.87. The summed E-state index contributed by atoms with van der Waals surface area (Å²) in [5.74, 6) is -1.56. The molecule has 0 unspecified atom stereocenters. The second-order valence-electron chi connectivity index (χ2n) is 3.81. The minimum absolute atomic E-state index is 0.0294. The molecule has 0 radical (unpaired) electrons. The molecule has 0 fully saturated rings. The average Bonchev–Trinajstić information content (AvgIpc) is 2.36. The molecule has 22 heavy (non-hydrogen) atoms. The number of benzene rings is 1. The van der Waals surface area contributed by atoms with Gasteiger partial charge in [-0.1, -0.05) is 0 Å². The highest BCUT2D eigenvalue weighted by Crippen LogP contribution is 2.23. The van der Waals surface area contributed by atoms with Gasteiger partial charge in [0.2, 0.25) is 16.5 Å². The van der Waals surface area contributed by atoms with Gasteiger partial charge in [-0.3, -0.25) is 4.55 Å². The van der Waals surface area contributed by atoms with E-state index in [9.17, 15) is 13.2 Å². The molecular weight excluding hydrogens is 359 g/mol. The van der Waals surface area contributed by atoms with Crippen LogP contribution in [-0.2, 0) is 10.1 Å². The van der Waals surface area contributed by atoms with Gasteiger partial charge in [-0.15, -0.1) is 0 Å². The quantitative estimate of drug-likeness (QED) is 0.692. The summed E-state index contributed by atoms with van der Waals surface area (Å²) < 4.78 is 31.0. The van der Waals surface area contributed by atoms with Gasteiger partial charge in [-0.2, -0.15) is 23.4 Å². The van der Waals surface area contributed by atoms with Crippen LogP contribution >= 0.6 is 23.2 Å². The Morgan fingerprint density at radius 3 is 2.23 bits per heavy atom. The molecule has 116 valence electrons. The van der Waals surface area contributed by atoms with Crippen LogP contribution in [0.5, 0.6) is 0 Å². The maximum Gasteiger partial charge on any atom is 0.337 e. The number of aromatic nitrogens is 3. The first kappa shape index (κ1) is 16.4. The lowest BCUT2D eigenvalue weighted by atomic mass is 10.2. The van der Waals surface area contributed by atoms with Crippen molar-refractivity contribution in [3.8, 4) is 0 Å². The van der Waals surface area contributed by atoms with E-state index in [-0.39, 0.29) is 22.2 Å². The van der Waals surface area contributed by atoms with Crippen LogP contribution in [0.1, 0.15) is 10.4 Å². The number of hydrogen-bond acceptors (Lipinski definition) is 7. The van der Waals surface area contributed by atoms with Crippen LogP contribution in [0.25, 0.3) is 0 Å². The maximum absolute atomic E-state index is 11.2. The fourth-order valence-electron chi connectivity index (χ4n) is 1.47. The van der Waals surface area contributed by atoms with Crippen molar-refractivity contribution in [2.45, 2.75) is 4.90 Å². The molecule has 0 atom stereocenters. The van der Waals surface area contributed by atoms with Crippen LogP contribution in [0.4, 0.5) is 11.6 Å². The van der Waals surface area contributed by atoms with Crippen molar-refractivity contribution in [2.75, 3.05) is 5.32 Å². The van der Waals surface area contributed by atoms with Gasteiger partial charge in [0, 0.05) is 0 Å². The molecule has 1 heterocycles. The molecule has 3 N–H and O–H groups in total. The van der Waals surface area contributed by atoms with Gasteiger partial charge in [-0.05, 0) is 41.4 Å². The SMILES string of the molecule is O=C(O)c1cc(S(=O)(=O)O)ccc1Nc1nc(Cl)nc(Cl)n1. The zero-order valence-electron chi connectivity index (χ0n) is 10.4. The summed E-state index contributed by atoms with van der Waals surface area (Å²) in [6.07, 6.45) is 0. The average molecular weight is 365 g/mol. The Balaban J connectivity index is 2.49. The molecule has 1 aromatic carbocycles. The summed E-state index contributed by atoms with van der Waals surface area (Å²) in [6.45, 7) is 0. The molecule has 0 aliphatic rings. The summed E-state index contributed by atoms with van der Waals surface area (Å²) in [6, 6.07) is 2.91. The van der Waals surface area contributed by atoms with E-state index in [1.165, 1.54) is 0 Å². The first-order valence-electron chi connectivity index (χ1n) is 5.36. The number of nitrogens with one attached hydrogen (secondary N) is 1. The van der Waals surface area contributed by atoms with Crippen molar-refractivity contribution in [2.24, 2.45) is 0 Å². The van der Waals surface area contributed by atoms with Crippen molar-refractivity contribution < 1.29 is 22.9 Å². The van der Waals surface area contributed by atoms with Gasteiger partial charge >= 0.3 is 5.97 Å². The largest absolute Gasteiger partial charge is 0.478 e. The molecule has 1 aromatic heterocycles. The zero-order valence-corrected chi connectivity index (χ0v) is 12.7. The first-order valence-corrected chi connectivity index (χ1v) is 7.55. The first-order chi connectivity index (χ1) is 10.2. The van der Waals surface area contributed by atoms with E-state index in [2.05, 4.69) is 20.3 Å². The molecular formula is C10H6Cl2N4O5S. The van der Waals surface area contributed by atoms with E-state index in [1.54, 1.807) is 0 Å². The molecule has 0 spiro atoms. The van der Waals surface area contributed by atoms with Crippen LogP contribution in [0.15, 0.2) is 23.1 Å². The third kappa shape index (κ3) is 3.80. The Morgan fingerprint density at radius 2 is 1.73 bits per heavy atom. The summed E-state index contributed by atoms with van der Waals surface area (Å²) in [5.41, 5.74) is -0.457. The topological polar surface area (TPSA) is 142 Å². The number of carboxylic acids is 1. The fourth-order valence-corrected chi connectivity index (χ4v) is 2.34. The lowest BCUT2D eigenvalue weighted by molar-refractivity contribution is 0.0697. The Bertz CT molecular complexity index is 838. The van der Waals surface area contributed by atoms with Crippen LogP contribution < -0.4 is 5.32 Å². The molecule has 12 heteroatoms. The Hall–Kier alpha value is -2.01. The summed E-state index contributed by atoms with van der Waals surface area (Å²) in [4.78, 5) is 21.5. The number of hydrogen-bond donors (Lipinski definition) is 3. The highest BCUT2D eigenvalue weighted by molar-refractivity contribution is 7.85. The van der Waals surface area contributed by atoms with Gasteiger partial charge < -0.3 is 10.4 Å². The van der Waals surface area contributed by atoms with Gasteiger partial charge in [0.15, 0.2) is 0 Å². The second-order valence-corrected chi connectivity index (χ2v) is 5.91. The summed E-state index contributed by atoms with van der Waals surface area (Å²) in [5, 5.41) is 11.2. The van der Waals surface area contributed by atoms with Crippen LogP contribution in [0.3, 0.4) is 0 Å². The molecule has 0 aliphatic heterocycles. The van der Waals surface area contributed by atoms with E-state index >= 15 is 0 Å². The third-order valence-electron chi connectivity index (χ3n) is 2.35. The lowest BCUT2D eigenvalue weighted by Crippen LogP contribution is -2.08. The van der Waals surface area contributed by atoms with Crippen molar-refractivity contribution >= 4 is 50.9 Å². The maximum atomic E-state index is 11.2. The number of nitrogens with zero attached hydrogens (tertiary/aromatic N) is 3. The van der Waals surface area contributed by atoms with E-state index < -0.39 is 26.5 Å². The smallest absolute Gasteiger partial charge is 0.337 e. The minimum Gasteiger partial charge on any atom is -0.478 e. The van der Waals surface area contributed by atoms with Crippen molar-refractivity contribution in [3.63, 3.8) is 0 Å². The molecule has 2 aromatic rings. The monoisotopic (exact) mass is 364 g/mol. The molecule has 0 saturated heterocycles. The van der Waals surface area contributed by atoms with E-state index in [4.69, 9.17) is 32.9 Å². The summed E-state index contributed by atoms with van der Waals surface area (Å²) in [7, 11) is -4.54. The van der Waals surface area contributed by atoms with E-state index in [0.717, 1.165) is 18.2 Å². The van der Waals surface area contributed by atoms with Crippen LogP contribution in [0.2, 0.25) is 10.6 Å². The van der Waals surface area contributed by atoms with E-state index in [0.29, 0.717) is 0 Å². The number of carbonyl (C=O) groups is 1. The second kappa shape index (κ2) is 6.01. The summed E-state index contributed by atoms with van der Waals surface area (Å²) >= 11 is 11.2. The fraction of sp³-hybridized carbons (Fsp3) is 0. The van der Waals surface area contributed by atoms with Crippen LogP contribution in [-0.4, -0.2) is 39.0 Å². The number of halogens is 2. The van der Waals surface area contributed by atoms with Crippen molar-refractivity contribution in [1.82, 2.24) is 15.0 Å². The van der Waals surface area contributed by atoms with Crippen LogP contribution in [0, 0.1) is 0 Å². The number of carboxylic acid groups (broad SMARTS) is 1. The third-order valence-corrected chi connectivity index (χ3v) is 3.53. The number of anilines is 2. The Labute approximate surface area is 133 Å². The molecule has 9 nitrogen and oxygen atoms in total. The standard InChI is InChI=1S/C10H6Cl2N4O5S/c11-8-14-9(12)16-10(15-8)13-6-2-1-4(22(19,20)21)3-5(6)7(17)18/h1-3H,(H,17,18)(H,19,20,21)(H,13,14,15,16). The van der Waals surface area contributed by atoms with Gasteiger partial charge in [0.1, 0.15) is 0 Å². The Morgan fingerprint density at radius 1 is 1.14 bits per heavy atom. The van der Waals surface area contributed by atoms with Crippen molar-refractivity contribution in [3.05, 3.63) is 34.3 Å². The van der Waals surface area contributed by atoms with Crippen molar-refractivity contribution in [1.29, 1.82) is 0 Å². The normalized spacial score (nSPS) is 11.2. The Kier molecular flexibility index (Phi) is 4.47.